The van der Waals surface area contributed by atoms with Crippen LogP contribution < -0.4 is 0 Å². The second kappa shape index (κ2) is 7.88. The average molecular weight is 340 g/mol. The van der Waals surface area contributed by atoms with Gasteiger partial charge in [-0.25, -0.2) is 0 Å². The Bertz CT molecular complexity index is 177. The molecule has 0 bridgehead atoms. The van der Waals surface area contributed by atoms with Crippen molar-refractivity contribution in [1.82, 2.24) is 0 Å². The molecule has 1 heterocycles. The normalized spacial score (nSPS) is 20.2. The van der Waals surface area contributed by atoms with Gasteiger partial charge < -0.3 is 9.47 Å². The topological polar surface area (TPSA) is 18.5 Å². The maximum Gasteiger partial charge on any atom is 0.0815 e. The summed E-state index contributed by atoms with van der Waals surface area (Å²) in [6, 6.07) is 0. The molecule has 1 aliphatic heterocycles. The van der Waals surface area contributed by atoms with Crippen LogP contribution >= 0.6 is 22.6 Å². The van der Waals surface area contributed by atoms with E-state index in [1.165, 1.54) is 19.3 Å². The lowest BCUT2D eigenvalue weighted by atomic mass is 9.96. The minimum absolute atomic E-state index is 0.122. The van der Waals surface area contributed by atoms with E-state index in [9.17, 15) is 0 Å². The Kier molecular flexibility index (Phi) is 7.24. The van der Waals surface area contributed by atoms with Crippen LogP contribution in [-0.4, -0.2) is 29.8 Å². The first kappa shape index (κ1) is 14.7. The molecule has 0 aromatic carbocycles. The van der Waals surface area contributed by atoms with Crippen molar-refractivity contribution in [2.45, 2.75) is 51.6 Å². The van der Waals surface area contributed by atoms with E-state index in [2.05, 4.69) is 36.4 Å². The summed E-state index contributed by atoms with van der Waals surface area (Å²) in [7, 11) is 0. The van der Waals surface area contributed by atoms with Crippen LogP contribution in [0.4, 0.5) is 0 Å². The summed E-state index contributed by atoms with van der Waals surface area (Å²) in [5.41, 5.74) is 0.122. The largest absolute Gasteiger partial charge is 0.381 e. The monoisotopic (exact) mass is 340 g/mol. The fourth-order valence-electron chi connectivity index (χ4n) is 2.00. The molecule has 96 valence electrons. The lowest BCUT2D eigenvalue weighted by molar-refractivity contribution is -0.0950. The Balaban J connectivity index is 2.13. The summed E-state index contributed by atoms with van der Waals surface area (Å²) in [5, 5.41) is 0. The zero-order valence-corrected chi connectivity index (χ0v) is 12.8. The first-order valence-electron chi connectivity index (χ1n) is 6.46. The molecule has 0 atom stereocenters. The molecular weight excluding hydrogens is 315 g/mol. The van der Waals surface area contributed by atoms with E-state index in [1.807, 2.05) is 0 Å². The highest BCUT2D eigenvalue weighted by atomic mass is 127. The zero-order chi connectivity index (χ0) is 11.9. The SMILES string of the molecule is CC(C)CCCCOC1(CI)CCOCC1. The lowest BCUT2D eigenvalue weighted by Crippen LogP contribution is -2.41. The van der Waals surface area contributed by atoms with Gasteiger partial charge in [-0.05, 0) is 12.3 Å². The summed E-state index contributed by atoms with van der Waals surface area (Å²) in [5.74, 6) is 0.821. The Morgan fingerprint density at radius 2 is 1.94 bits per heavy atom. The third kappa shape index (κ3) is 5.32. The minimum Gasteiger partial charge on any atom is -0.381 e. The number of halogens is 1. The maximum absolute atomic E-state index is 6.11. The van der Waals surface area contributed by atoms with Crippen LogP contribution in [0.1, 0.15) is 46.0 Å². The first-order valence-corrected chi connectivity index (χ1v) is 7.99. The fourth-order valence-corrected chi connectivity index (χ4v) is 2.99. The van der Waals surface area contributed by atoms with Crippen molar-refractivity contribution in [2.75, 3.05) is 24.2 Å². The van der Waals surface area contributed by atoms with Crippen LogP contribution in [0, 0.1) is 5.92 Å². The molecule has 0 aromatic rings. The van der Waals surface area contributed by atoms with Gasteiger partial charge in [0.05, 0.1) is 5.60 Å². The van der Waals surface area contributed by atoms with Gasteiger partial charge in [-0.2, -0.15) is 0 Å². The summed E-state index contributed by atoms with van der Waals surface area (Å²) in [6.07, 6.45) is 5.97. The molecular formula is C13H25IO2. The van der Waals surface area contributed by atoms with Crippen LogP contribution in [-0.2, 0) is 9.47 Å². The van der Waals surface area contributed by atoms with E-state index in [0.29, 0.717) is 0 Å². The summed E-state index contributed by atoms with van der Waals surface area (Å²) < 4.78 is 12.6. The van der Waals surface area contributed by atoms with Gasteiger partial charge in [-0.3, -0.25) is 0 Å². The Morgan fingerprint density at radius 1 is 1.25 bits per heavy atom. The van der Waals surface area contributed by atoms with Gasteiger partial charge in [-0.15, -0.1) is 0 Å². The van der Waals surface area contributed by atoms with Crippen LogP contribution in [0.15, 0.2) is 0 Å². The highest BCUT2D eigenvalue weighted by molar-refractivity contribution is 14.1. The van der Waals surface area contributed by atoms with Crippen molar-refractivity contribution in [3.05, 3.63) is 0 Å². The molecule has 0 aliphatic carbocycles. The van der Waals surface area contributed by atoms with Gasteiger partial charge in [0.15, 0.2) is 0 Å². The summed E-state index contributed by atoms with van der Waals surface area (Å²) >= 11 is 2.45. The maximum atomic E-state index is 6.11. The van der Waals surface area contributed by atoms with Gasteiger partial charge >= 0.3 is 0 Å². The number of unbranched alkanes of at least 4 members (excludes halogenated alkanes) is 1. The molecule has 16 heavy (non-hydrogen) atoms. The molecule has 0 N–H and O–H groups in total. The predicted octanol–water partition coefficient (Wildman–Crippen LogP) is 3.81. The number of hydrogen-bond donors (Lipinski definition) is 0. The second-order valence-corrected chi connectivity index (χ2v) is 5.93. The van der Waals surface area contributed by atoms with E-state index < -0.39 is 0 Å². The number of hydrogen-bond acceptors (Lipinski definition) is 2. The number of ether oxygens (including phenoxy) is 2. The standard InChI is InChI=1S/C13H25IO2/c1-12(2)5-3-4-8-16-13(11-14)6-9-15-10-7-13/h12H,3-11H2,1-2H3. The van der Waals surface area contributed by atoms with Crippen LogP contribution in [0.25, 0.3) is 0 Å². The van der Waals surface area contributed by atoms with Gasteiger partial charge in [0.25, 0.3) is 0 Å². The van der Waals surface area contributed by atoms with Crippen molar-refractivity contribution >= 4 is 22.6 Å². The van der Waals surface area contributed by atoms with Gasteiger partial charge in [0, 0.05) is 37.1 Å². The van der Waals surface area contributed by atoms with E-state index in [0.717, 1.165) is 43.0 Å². The Morgan fingerprint density at radius 3 is 2.50 bits per heavy atom. The van der Waals surface area contributed by atoms with Crippen molar-refractivity contribution in [3.8, 4) is 0 Å². The first-order chi connectivity index (χ1) is 7.68. The molecule has 3 heteroatoms. The Hall–Kier alpha value is 0.650. The molecule has 2 nitrogen and oxygen atoms in total. The van der Waals surface area contributed by atoms with E-state index in [-0.39, 0.29) is 5.60 Å². The van der Waals surface area contributed by atoms with Crippen molar-refractivity contribution in [3.63, 3.8) is 0 Å². The third-order valence-corrected chi connectivity index (χ3v) is 4.62. The van der Waals surface area contributed by atoms with Gasteiger partial charge in [-0.1, -0.05) is 49.3 Å². The molecule has 1 saturated heterocycles. The number of rotatable bonds is 7. The third-order valence-electron chi connectivity index (χ3n) is 3.23. The van der Waals surface area contributed by atoms with Crippen LogP contribution in [0.5, 0.6) is 0 Å². The lowest BCUT2D eigenvalue weighted by Gasteiger charge is -2.35. The van der Waals surface area contributed by atoms with Crippen LogP contribution in [0.2, 0.25) is 0 Å². The minimum atomic E-state index is 0.122. The molecule has 0 spiro atoms. The highest BCUT2D eigenvalue weighted by Crippen LogP contribution is 2.27. The van der Waals surface area contributed by atoms with Crippen LogP contribution in [0.3, 0.4) is 0 Å². The van der Waals surface area contributed by atoms with E-state index in [1.54, 1.807) is 0 Å². The van der Waals surface area contributed by atoms with E-state index in [4.69, 9.17) is 9.47 Å². The molecule has 1 rings (SSSR count). The zero-order valence-electron chi connectivity index (χ0n) is 10.6. The molecule has 0 radical (unpaired) electrons. The van der Waals surface area contributed by atoms with Gasteiger partial charge in [0.1, 0.15) is 0 Å². The predicted molar refractivity (Wildman–Crippen MR) is 76.3 cm³/mol. The smallest absolute Gasteiger partial charge is 0.0815 e. The van der Waals surface area contributed by atoms with Gasteiger partial charge in [0.2, 0.25) is 0 Å². The second-order valence-electron chi connectivity index (χ2n) is 5.17. The summed E-state index contributed by atoms with van der Waals surface area (Å²) in [6.45, 7) is 7.23. The quantitative estimate of drug-likeness (QED) is 0.399. The summed E-state index contributed by atoms with van der Waals surface area (Å²) in [4.78, 5) is 0. The molecule has 0 amide bonds. The average Bonchev–Trinajstić information content (AvgIpc) is 2.29. The van der Waals surface area contributed by atoms with Crippen molar-refractivity contribution in [2.24, 2.45) is 5.92 Å². The highest BCUT2D eigenvalue weighted by Gasteiger charge is 2.32. The Labute approximate surface area is 114 Å². The molecule has 0 saturated carbocycles. The van der Waals surface area contributed by atoms with Crippen molar-refractivity contribution in [1.29, 1.82) is 0 Å². The number of alkyl halides is 1. The van der Waals surface area contributed by atoms with E-state index >= 15 is 0 Å². The molecule has 1 aliphatic rings. The fraction of sp³-hybridized carbons (Fsp3) is 1.00. The van der Waals surface area contributed by atoms with Crippen molar-refractivity contribution < 1.29 is 9.47 Å². The molecule has 0 unspecified atom stereocenters. The molecule has 0 aromatic heterocycles. The molecule has 1 fully saturated rings.